The van der Waals surface area contributed by atoms with Crippen molar-refractivity contribution in [3.63, 3.8) is 0 Å². The Kier molecular flexibility index (Phi) is 3.19. The van der Waals surface area contributed by atoms with Gasteiger partial charge in [-0.3, -0.25) is 4.79 Å². The van der Waals surface area contributed by atoms with E-state index in [2.05, 4.69) is 9.97 Å². The maximum Gasteiger partial charge on any atom is 0.163 e. The number of aryl methyl sites for hydroxylation is 2. The summed E-state index contributed by atoms with van der Waals surface area (Å²) in [5.74, 6) is 0.0648. The standard InChI is InChI=1S/C14H13FN2O/c1-8-4-5-11(6-13(8)15)14-16-7-12(10(3)18)9(2)17-14/h4-7H,1-3H3. The van der Waals surface area contributed by atoms with Crippen LogP contribution in [-0.4, -0.2) is 15.8 Å². The number of nitrogens with zero attached hydrogens (tertiary/aromatic N) is 2. The van der Waals surface area contributed by atoms with Crippen molar-refractivity contribution in [2.24, 2.45) is 0 Å². The molecule has 0 bridgehead atoms. The molecule has 2 rings (SSSR count). The first-order chi connectivity index (χ1) is 8.49. The Balaban J connectivity index is 2.48. The van der Waals surface area contributed by atoms with E-state index in [1.54, 1.807) is 26.0 Å². The monoisotopic (exact) mass is 244 g/mol. The number of carbonyl (C=O) groups is 1. The molecule has 0 atom stereocenters. The first-order valence-electron chi connectivity index (χ1n) is 5.60. The van der Waals surface area contributed by atoms with E-state index in [9.17, 15) is 9.18 Å². The van der Waals surface area contributed by atoms with E-state index in [0.29, 0.717) is 28.2 Å². The van der Waals surface area contributed by atoms with Crippen LogP contribution in [0.5, 0.6) is 0 Å². The third-order valence-corrected chi connectivity index (χ3v) is 2.79. The molecule has 0 amide bonds. The van der Waals surface area contributed by atoms with Crippen LogP contribution in [0.15, 0.2) is 24.4 Å². The number of benzene rings is 1. The van der Waals surface area contributed by atoms with E-state index in [0.717, 1.165) is 0 Å². The maximum absolute atomic E-state index is 13.5. The van der Waals surface area contributed by atoms with Crippen molar-refractivity contribution in [1.82, 2.24) is 9.97 Å². The molecule has 0 radical (unpaired) electrons. The molecule has 92 valence electrons. The Morgan fingerprint density at radius 1 is 1.28 bits per heavy atom. The normalized spacial score (nSPS) is 10.4. The minimum Gasteiger partial charge on any atom is -0.294 e. The highest BCUT2D eigenvalue weighted by atomic mass is 19.1. The number of halogens is 1. The van der Waals surface area contributed by atoms with Gasteiger partial charge in [-0.1, -0.05) is 12.1 Å². The number of ketones is 1. The van der Waals surface area contributed by atoms with Crippen molar-refractivity contribution in [2.75, 3.05) is 0 Å². The Morgan fingerprint density at radius 2 is 2.00 bits per heavy atom. The maximum atomic E-state index is 13.5. The lowest BCUT2D eigenvalue weighted by Gasteiger charge is -2.05. The summed E-state index contributed by atoms with van der Waals surface area (Å²) in [4.78, 5) is 19.6. The van der Waals surface area contributed by atoms with E-state index in [1.807, 2.05) is 0 Å². The van der Waals surface area contributed by atoms with Gasteiger partial charge in [-0.25, -0.2) is 14.4 Å². The second kappa shape index (κ2) is 4.64. The SMILES string of the molecule is CC(=O)c1cnc(-c2ccc(C)c(F)c2)nc1C. The molecule has 1 aromatic heterocycles. The van der Waals surface area contributed by atoms with Crippen LogP contribution in [0.3, 0.4) is 0 Å². The minimum atomic E-state index is -0.288. The van der Waals surface area contributed by atoms with E-state index in [4.69, 9.17) is 0 Å². The molecule has 4 heteroatoms. The number of carbonyl (C=O) groups excluding carboxylic acids is 1. The van der Waals surface area contributed by atoms with Gasteiger partial charge in [0.05, 0.1) is 11.3 Å². The molecule has 1 heterocycles. The van der Waals surface area contributed by atoms with E-state index < -0.39 is 0 Å². The number of hydrogen-bond acceptors (Lipinski definition) is 3. The fourth-order valence-electron chi connectivity index (χ4n) is 1.68. The minimum absolute atomic E-state index is 0.0749. The van der Waals surface area contributed by atoms with Crippen molar-refractivity contribution in [3.05, 3.63) is 47.0 Å². The lowest BCUT2D eigenvalue weighted by Crippen LogP contribution is -2.02. The molecule has 0 fully saturated rings. The highest BCUT2D eigenvalue weighted by Gasteiger charge is 2.09. The van der Waals surface area contributed by atoms with Gasteiger partial charge in [0.1, 0.15) is 5.82 Å². The summed E-state index contributed by atoms with van der Waals surface area (Å²) in [6.45, 7) is 4.91. The smallest absolute Gasteiger partial charge is 0.163 e. The average molecular weight is 244 g/mol. The van der Waals surface area contributed by atoms with Gasteiger partial charge in [-0.15, -0.1) is 0 Å². The molecule has 3 nitrogen and oxygen atoms in total. The van der Waals surface area contributed by atoms with Crippen molar-refractivity contribution in [2.45, 2.75) is 20.8 Å². The topological polar surface area (TPSA) is 42.9 Å². The fourth-order valence-corrected chi connectivity index (χ4v) is 1.68. The molecule has 18 heavy (non-hydrogen) atoms. The van der Waals surface area contributed by atoms with Gasteiger partial charge < -0.3 is 0 Å². The molecule has 1 aromatic carbocycles. The summed E-state index contributed by atoms with van der Waals surface area (Å²) in [6, 6.07) is 4.85. The van der Waals surface area contributed by atoms with Gasteiger partial charge >= 0.3 is 0 Å². The highest BCUT2D eigenvalue weighted by Crippen LogP contribution is 2.19. The predicted molar refractivity (Wildman–Crippen MR) is 66.9 cm³/mol. The van der Waals surface area contributed by atoms with Crippen LogP contribution < -0.4 is 0 Å². The first-order valence-corrected chi connectivity index (χ1v) is 5.60. The van der Waals surface area contributed by atoms with Crippen LogP contribution in [0.25, 0.3) is 11.4 Å². The number of aromatic nitrogens is 2. The third kappa shape index (κ3) is 2.27. The van der Waals surface area contributed by atoms with E-state index in [-0.39, 0.29) is 11.6 Å². The zero-order valence-corrected chi connectivity index (χ0v) is 10.5. The molecule has 2 aromatic rings. The number of rotatable bonds is 2. The molecular formula is C14H13FN2O. The summed E-state index contributed by atoms with van der Waals surface area (Å²) in [7, 11) is 0. The Morgan fingerprint density at radius 3 is 2.56 bits per heavy atom. The average Bonchev–Trinajstić information content (AvgIpc) is 2.32. The number of Topliss-reactive ketones (excluding diaryl/α,β-unsaturated/α-hetero) is 1. The summed E-state index contributed by atoms with van der Waals surface area (Å²) in [5, 5.41) is 0. The van der Waals surface area contributed by atoms with Crippen LogP contribution >= 0.6 is 0 Å². The molecule has 0 saturated heterocycles. The van der Waals surface area contributed by atoms with Crippen LogP contribution in [0, 0.1) is 19.7 Å². The van der Waals surface area contributed by atoms with Crippen molar-refractivity contribution >= 4 is 5.78 Å². The van der Waals surface area contributed by atoms with Crippen molar-refractivity contribution in [1.29, 1.82) is 0 Å². The largest absolute Gasteiger partial charge is 0.294 e. The van der Waals surface area contributed by atoms with E-state index >= 15 is 0 Å². The van der Waals surface area contributed by atoms with Crippen molar-refractivity contribution in [3.8, 4) is 11.4 Å². The zero-order valence-electron chi connectivity index (χ0n) is 10.5. The molecular weight excluding hydrogens is 231 g/mol. The Hall–Kier alpha value is -2.10. The molecule has 0 unspecified atom stereocenters. The quantitative estimate of drug-likeness (QED) is 0.762. The van der Waals surface area contributed by atoms with Gasteiger partial charge in [0.2, 0.25) is 0 Å². The molecule has 0 spiro atoms. The molecule has 0 aliphatic carbocycles. The zero-order chi connectivity index (χ0) is 13.3. The summed E-state index contributed by atoms with van der Waals surface area (Å²) in [5.41, 5.74) is 2.28. The fraction of sp³-hybridized carbons (Fsp3) is 0.214. The van der Waals surface area contributed by atoms with Gasteiger partial charge in [0.15, 0.2) is 11.6 Å². The summed E-state index contributed by atoms with van der Waals surface area (Å²) < 4.78 is 13.5. The second-order valence-electron chi connectivity index (χ2n) is 4.21. The van der Waals surface area contributed by atoms with Crippen LogP contribution in [0.2, 0.25) is 0 Å². The van der Waals surface area contributed by atoms with Crippen LogP contribution in [0.1, 0.15) is 28.5 Å². The van der Waals surface area contributed by atoms with Gasteiger partial charge in [-0.2, -0.15) is 0 Å². The highest BCUT2D eigenvalue weighted by molar-refractivity contribution is 5.94. The Bertz CT molecular complexity index is 623. The lowest BCUT2D eigenvalue weighted by molar-refractivity contribution is 0.101. The molecule has 0 N–H and O–H groups in total. The van der Waals surface area contributed by atoms with Crippen LogP contribution in [-0.2, 0) is 0 Å². The molecule has 0 aliphatic rings. The Labute approximate surface area is 105 Å². The predicted octanol–water partition coefficient (Wildman–Crippen LogP) is 3.10. The second-order valence-corrected chi connectivity index (χ2v) is 4.21. The molecule has 0 aliphatic heterocycles. The summed E-state index contributed by atoms with van der Waals surface area (Å²) in [6.07, 6.45) is 1.48. The van der Waals surface area contributed by atoms with Gasteiger partial charge in [0.25, 0.3) is 0 Å². The van der Waals surface area contributed by atoms with Gasteiger partial charge in [0, 0.05) is 11.8 Å². The lowest BCUT2D eigenvalue weighted by atomic mass is 10.1. The molecule has 0 saturated carbocycles. The van der Waals surface area contributed by atoms with E-state index in [1.165, 1.54) is 19.2 Å². The van der Waals surface area contributed by atoms with Crippen molar-refractivity contribution < 1.29 is 9.18 Å². The van der Waals surface area contributed by atoms with Crippen LogP contribution in [0.4, 0.5) is 4.39 Å². The third-order valence-electron chi connectivity index (χ3n) is 2.79. The van der Waals surface area contributed by atoms with Gasteiger partial charge in [-0.05, 0) is 32.4 Å². The number of hydrogen-bond donors (Lipinski definition) is 0. The first kappa shape index (κ1) is 12.4. The summed E-state index contributed by atoms with van der Waals surface area (Å²) >= 11 is 0.